The van der Waals surface area contributed by atoms with Crippen molar-refractivity contribution < 1.29 is 80.5 Å². The van der Waals surface area contributed by atoms with Crippen molar-refractivity contribution in [2.75, 3.05) is 61.0 Å². The second kappa shape index (κ2) is 59.7. The summed E-state index contributed by atoms with van der Waals surface area (Å²) in [4.78, 5) is 106. The number of nitrogens with one attached hydrogen (secondary N) is 4. The number of terminal acetylenes is 4. The summed E-state index contributed by atoms with van der Waals surface area (Å²) in [5.74, 6) is 20.9. The number of rotatable bonds is 34. The van der Waals surface area contributed by atoms with E-state index in [-0.39, 0.29) is 139 Å². The smallest absolute Gasteiger partial charge is 0.330 e. The number of aliphatic hydroxyl groups excluding tert-OH is 5. The zero-order valence-electron chi connectivity index (χ0n) is 76.9. The van der Waals surface area contributed by atoms with Crippen LogP contribution in [0.25, 0.3) is 0 Å². The van der Waals surface area contributed by atoms with Crippen molar-refractivity contribution in [3.8, 4) is 97.0 Å². The number of hydrogen-bond donors (Lipinski definition) is 9. The summed E-state index contributed by atoms with van der Waals surface area (Å²) in [6.07, 6.45) is 26.1. The fourth-order valence-corrected chi connectivity index (χ4v) is 16.3. The van der Waals surface area contributed by atoms with Gasteiger partial charge in [0.2, 0.25) is 10.0 Å². The molecule has 8 rings (SSSR count). The molecule has 0 aliphatic carbocycles. The van der Waals surface area contributed by atoms with E-state index in [1.807, 2.05) is 61.5 Å². The molecule has 0 saturated carbocycles. The Morgan fingerprint density at radius 1 is 0.516 bits per heavy atom. The van der Waals surface area contributed by atoms with Gasteiger partial charge in [-0.1, -0.05) is 35.5 Å². The van der Waals surface area contributed by atoms with Crippen LogP contribution in [0.4, 0.5) is 0 Å². The van der Waals surface area contributed by atoms with Gasteiger partial charge in [-0.15, -0.1) is 37.5 Å². The molecule has 122 heavy (non-hydrogen) atoms. The van der Waals surface area contributed by atoms with E-state index in [2.05, 4.69) is 104 Å². The lowest BCUT2D eigenvalue weighted by Gasteiger charge is -2.37. The maximum absolute atomic E-state index is 12.4. The molecule has 670 valence electrons. The molecule has 4 aromatic heterocycles. The Bertz CT molecular complexity index is 4930. The van der Waals surface area contributed by atoms with Crippen LogP contribution in [0.2, 0.25) is 0 Å². The average molecular weight is 1770 g/mol. The van der Waals surface area contributed by atoms with Crippen molar-refractivity contribution in [3.63, 3.8) is 0 Å². The van der Waals surface area contributed by atoms with Crippen LogP contribution in [0.5, 0.6) is 5.75 Å². The quantitative estimate of drug-likeness (QED) is 0.0143. The molecule has 15 atom stereocenters. The number of unbranched alkanes of at least 4 members (excludes halogenated alkanes) is 6. The summed E-state index contributed by atoms with van der Waals surface area (Å²) in [6.45, 7) is 18.0. The summed E-state index contributed by atoms with van der Waals surface area (Å²) in [5, 5.41) is 55.7. The Hall–Kier alpha value is -9.04. The number of aliphatic hydroxyl groups is 5. The van der Waals surface area contributed by atoms with Crippen LogP contribution in [0.15, 0.2) is 63.1 Å². The van der Waals surface area contributed by atoms with E-state index in [1.165, 1.54) is 64.4 Å². The fraction of sp³-hybridized carbons (Fsp3) is 0.622. The Balaban J connectivity index is 0.000000562. The van der Waals surface area contributed by atoms with E-state index in [4.69, 9.17) is 106 Å². The lowest BCUT2D eigenvalue weighted by molar-refractivity contribution is -0.0459. The first kappa shape index (κ1) is 98.4. The zero-order chi connectivity index (χ0) is 96.0. The first-order chi connectivity index (χ1) is 61.3. The van der Waals surface area contributed by atoms with Gasteiger partial charge in [0.15, 0.2) is 8.38 Å². The minimum absolute atomic E-state index is 0.0165. The monoisotopic (exact) mass is 1770 g/mol. The Morgan fingerprint density at radius 2 is 0.861 bits per heavy atom. The van der Waals surface area contributed by atoms with Crippen LogP contribution < -0.4 is 49.7 Å². The predicted octanol–water partition coefficient (Wildman–Crippen LogP) is 6.20. The predicted molar refractivity (Wildman–Crippen MR) is 459 cm³/mol. The molecule has 8 heterocycles. The van der Waals surface area contributed by atoms with E-state index < -0.39 is 144 Å². The third-order valence-electron chi connectivity index (χ3n) is 17.2. The average Bonchev–Trinajstić information content (AvgIpc) is 1.61. The van der Waals surface area contributed by atoms with Crippen LogP contribution in [0.1, 0.15) is 218 Å². The van der Waals surface area contributed by atoms with E-state index in [0.29, 0.717) is 32.1 Å². The molecular formula is C82H118N13O24P3. The molecule has 4 saturated heterocycles. The topological polar surface area (TPSA) is 500 Å². The van der Waals surface area contributed by atoms with Crippen molar-refractivity contribution >= 4 is 25.4 Å². The van der Waals surface area contributed by atoms with E-state index in [9.17, 15) is 43.5 Å². The van der Waals surface area contributed by atoms with E-state index in [1.54, 1.807) is 6.66 Å². The van der Waals surface area contributed by atoms with Crippen molar-refractivity contribution in [1.82, 2.24) is 47.5 Å². The number of aromatic nitrogens is 8. The van der Waals surface area contributed by atoms with Gasteiger partial charge in [-0.2, -0.15) is 15.8 Å². The first-order valence-electron chi connectivity index (χ1n) is 42.1. The normalized spacial score (nSPS) is 21.6. The molecule has 4 aliphatic heterocycles. The Morgan fingerprint density at radius 3 is 1.20 bits per heavy atom. The zero-order valence-corrected chi connectivity index (χ0v) is 73.5. The third-order valence-corrected chi connectivity index (χ3v) is 22.6. The molecule has 4 aromatic rings. The van der Waals surface area contributed by atoms with Crippen molar-refractivity contribution in [2.45, 2.75) is 270 Å². The molecule has 0 radical (unpaired) electrons. The van der Waals surface area contributed by atoms with Gasteiger partial charge in [0.25, 0.3) is 39.3 Å². The van der Waals surface area contributed by atoms with Crippen LogP contribution in [0, 0.1) is 107 Å². The number of H-pyrrole nitrogens is 4. The molecule has 9 N–H and O–H groups in total. The van der Waals surface area contributed by atoms with Crippen LogP contribution in [-0.4, -0.2) is 211 Å². The standard InChI is InChI=1S/C21H31N4O6P.C21H26N3O5P.C20H29N4O5P.C17H20N2O5.3CH4O/c1-7-10-28-18-13-24(21(27)23-20(18)26)19-12-17(16(6)30-19)31-32(29-11-8-9-22)25(14(2)3)15(4)5;1-4-5-6-7-8-9-11-17-15-24(21(26)23-20(17)25)19-14-18(16(2)28-19)29-30(3)27-13-10-12-22;1-7-16-12-23(20(26)22-19(16)25)18-11-17(15(6)28-18)29-30(27-10-8-9-21)24(13(2)3)14(4)5;1-2-3-4-5-6-7-8-12-10-19(17(23)18-16(12)22)15-9-13(21)14(11-20)24-15;3*1-2/h1,13-17,19H,8,10-12H2,2-6H3,(H,23,26,27);1,15-16,18-19H,5-8,10,13-14H2,2-3H3,(H,23,25,26);1,12-15,17-18H,8,10-11H2,2-6H3,(H,22,25,26);1,10,13-15,20-21H,3-6,9,11H2,(H,18,22,23);3*2H,1H3/t16-,17-,19-,32?;16-,18?,19-,30?;15-,17?,18-,30?;13?,14-,15-;;;/m1111.../s1/i6D;2D;6D;;3*2T. The fourth-order valence-electron chi connectivity index (χ4n) is 11.7. The number of aromatic amines is 4. The van der Waals surface area contributed by atoms with Gasteiger partial charge in [-0.25, -0.2) is 28.5 Å². The molecule has 0 bridgehead atoms. The van der Waals surface area contributed by atoms with Crippen molar-refractivity contribution in [1.29, 1.82) is 20.1 Å². The largest absolute Gasteiger partial charge is 0.474 e. The van der Waals surface area contributed by atoms with E-state index in [0.717, 1.165) is 25.7 Å². The molecule has 0 amide bonds. The minimum Gasteiger partial charge on any atom is -0.474 e. The van der Waals surface area contributed by atoms with Gasteiger partial charge < -0.3 is 76.4 Å². The summed E-state index contributed by atoms with van der Waals surface area (Å²) in [5.41, 5.74) is -4.66. The number of nitrogens with zero attached hydrogens (tertiary/aromatic N) is 9. The lowest BCUT2D eigenvalue weighted by Crippen LogP contribution is -2.35. The number of nitriles is 3. The van der Waals surface area contributed by atoms with Crippen LogP contribution >= 0.6 is 25.4 Å². The summed E-state index contributed by atoms with van der Waals surface area (Å²) < 4.78 is 114. The lowest BCUT2D eigenvalue weighted by atomic mass is 10.2. The van der Waals surface area contributed by atoms with Gasteiger partial charge >= 0.3 is 22.8 Å². The highest BCUT2D eigenvalue weighted by Gasteiger charge is 2.43. The molecule has 0 spiro atoms. The second-order valence-electron chi connectivity index (χ2n) is 27.3. The number of hydrogen-bond acceptors (Lipinski definition) is 29. The second-order valence-corrected chi connectivity index (χ2v) is 31.4. The summed E-state index contributed by atoms with van der Waals surface area (Å²) in [7, 11) is -0.449. The van der Waals surface area contributed by atoms with Crippen molar-refractivity contribution in [2.24, 2.45) is 0 Å². The Labute approximate surface area is 723 Å². The van der Waals surface area contributed by atoms with Gasteiger partial charge in [0.1, 0.15) is 54.3 Å². The minimum atomic E-state index is -1.55. The molecule has 6 unspecified atom stereocenters. The van der Waals surface area contributed by atoms with Crippen molar-refractivity contribution in [3.05, 3.63) is 125 Å². The van der Waals surface area contributed by atoms with Crippen LogP contribution in [0.3, 0.4) is 0 Å². The SMILES string of the molecule is C#CCCCCC#Cc1cn([C@H]2CC(O)[C@@H](CO)O2)c(=O)[nH]c1=O.[2H]C[C@H]1O[C@@H](n2cc(C#C)c(=O)[nH]c2=O)CC1OP(OCCC#N)N(C(C)C)C(C)C.[2H]C[C@H]1O[C@@H](n2cc(C#CCCCCC#C)c(=O)[nH]c2=O)CC1OP(C)OCCC#N.[2H]C[C@H]1O[C@@H](n2cc(OCC#C)c(=O)[nH]c2=O)C[C@H]1OP(OCCC#N)N(C(C)C)C(C)C.[3H]OC.[3H]OC.[3H]OC. The van der Waals surface area contributed by atoms with Crippen LogP contribution in [-0.2, 0) is 46.1 Å². The summed E-state index contributed by atoms with van der Waals surface area (Å²) >= 11 is 0. The van der Waals surface area contributed by atoms with Gasteiger partial charge in [0.05, 0.1) is 113 Å². The van der Waals surface area contributed by atoms with E-state index >= 15 is 0 Å². The number of ether oxygens (including phenoxy) is 5. The molecule has 40 heteroatoms. The molecule has 4 aliphatic rings. The first-order valence-corrected chi connectivity index (χ1v) is 42.6. The highest BCUT2D eigenvalue weighted by Crippen LogP contribution is 2.51. The van der Waals surface area contributed by atoms with Gasteiger partial charge in [-0.05, 0) is 102 Å². The van der Waals surface area contributed by atoms with Gasteiger partial charge in [-0.3, -0.25) is 57.4 Å². The highest BCUT2D eigenvalue weighted by atomic mass is 31.2. The molecular weight excluding hydrogens is 1640 g/mol. The van der Waals surface area contributed by atoms with Gasteiger partial charge in [0, 0.05) is 126 Å². The maximum Gasteiger partial charge on any atom is 0.330 e. The molecule has 0 aromatic carbocycles. The summed E-state index contributed by atoms with van der Waals surface area (Å²) in [6, 6.07) is 6.59. The maximum atomic E-state index is 12.4. The Kier molecular flexibility index (Phi) is 48.1. The molecule has 4 fully saturated rings. The molecule has 37 nitrogen and oxygen atoms in total. The highest BCUT2D eigenvalue weighted by molar-refractivity contribution is 7.46. The third kappa shape index (κ3) is 35.7.